The van der Waals surface area contributed by atoms with E-state index in [9.17, 15) is 0 Å². The lowest BCUT2D eigenvalue weighted by atomic mass is 10.4. The van der Waals surface area contributed by atoms with Crippen LogP contribution in [0.2, 0.25) is 0 Å². The lowest BCUT2D eigenvalue weighted by Crippen LogP contribution is -2.19. The van der Waals surface area contributed by atoms with Crippen LogP contribution in [0.4, 0.5) is 0 Å². The second-order valence-electron chi connectivity index (χ2n) is 2.29. The van der Waals surface area contributed by atoms with Gasteiger partial charge in [0.25, 0.3) is 0 Å². The van der Waals surface area contributed by atoms with Gasteiger partial charge >= 0.3 is 0 Å². The number of hydrogen-bond donors (Lipinski definition) is 2. The van der Waals surface area contributed by atoms with Gasteiger partial charge in [0.2, 0.25) is 0 Å². The van der Waals surface area contributed by atoms with Crippen LogP contribution in [0.25, 0.3) is 0 Å². The molecule has 0 saturated heterocycles. The molecule has 12 heavy (non-hydrogen) atoms. The largest absolute Gasteiger partial charge is 0.394 e. The van der Waals surface area contributed by atoms with Crippen LogP contribution in [0.5, 0.6) is 0 Å². The van der Waals surface area contributed by atoms with E-state index in [0.29, 0.717) is 0 Å². The van der Waals surface area contributed by atoms with Crippen LogP contribution in [0, 0.1) is 0 Å². The highest BCUT2D eigenvalue weighted by atomic mass is 79.9. The molecule has 0 fully saturated rings. The highest BCUT2D eigenvalue weighted by Crippen LogP contribution is 2.22. The van der Waals surface area contributed by atoms with Crippen molar-refractivity contribution in [3.05, 3.63) is 28.7 Å². The quantitative estimate of drug-likeness (QED) is 0.633. The molecule has 0 amide bonds. The highest BCUT2D eigenvalue weighted by Gasteiger charge is 2.01. The van der Waals surface area contributed by atoms with E-state index in [1.54, 1.807) is 0 Å². The van der Waals surface area contributed by atoms with Crippen molar-refractivity contribution in [3.63, 3.8) is 0 Å². The summed E-state index contributed by atoms with van der Waals surface area (Å²) in [6.45, 7) is 0.000725. The van der Waals surface area contributed by atoms with Crippen LogP contribution >= 0.6 is 27.7 Å². The number of rotatable bonds is 3. The Morgan fingerprint density at radius 2 is 2.00 bits per heavy atom. The molecule has 0 aliphatic heterocycles. The predicted octanol–water partition coefficient (Wildman–Crippen LogP) is 1.82. The Morgan fingerprint density at radius 3 is 2.50 bits per heavy atom. The van der Waals surface area contributed by atoms with Gasteiger partial charge in [0.1, 0.15) is 0 Å². The Hall–Kier alpha value is -0.0300. The summed E-state index contributed by atoms with van der Waals surface area (Å²) in [7, 11) is 0. The monoisotopic (exact) mass is 247 g/mol. The van der Waals surface area contributed by atoms with Gasteiger partial charge in [-0.05, 0) is 24.3 Å². The van der Waals surface area contributed by atoms with E-state index < -0.39 is 0 Å². The van der Waals surface area contributed by atoms with Gasteiger partial charge < -0.3 is 10.8 Å². The van der Waals surface area contributed by atoms with Crippen molar-refractivity contribution in [2.75, 3.05) is 6.61 Å². The van der Waals surface area contributed by atoms with Gasteiger partial charge in [-0.2, -0.15) is 0 Å². The molecule has 1 aromatic rings. The van der Waals surface area contributed by atoms with Crippen molar-refractivity contribution in [2.24, 2.45) is 5.73 Å². The summed E-state index contributed by atoms with van der Waals surface area (Å²) in [5, 5.41) is 8.47. The summed E-state index contributed by atoms with van der Waals surface area (Å²) >= 11 is 4.80. The average Bonchev–Trinajstić information content (AvgIpc) is 2.09. The fraction of sp³-hybridized carbons (Fsp3) is 0.250. The van der Waals surface area contributed by atoms with E-state index in [0.717, 1.165) is 9.37 Å². The smallest absolute Gasteiger partial charge is 0.0789 e. The molecule has 4 heteroatoms. The minimum absolute atomic E-state index is 0.000725. The van der Waals surface area contributed by atoms with E-state index >= 15 is 0 Å². The van der Waals surface area contributed by atoms with Crippen LogP contribution in [0.15, 0.2) is 33.6 Å². The predicted molar refractivity (Wildman–Crippen MR) is 55.1 cm³/mol. The minimum Gasteiger partial charge on any atom is -0.394 e. The summed E-state index contributed by atoms with van der Waals surface area (Å²) in [6, 6.07) is 7.83. The minimum atomic E-state index is -0.230. The van der Waals surface area contributed by atoms with Crippen LogP contribution in [0.1, 0.15) is 0 Å². The molecule has 1 unspecified atom stereocenters. The summed E-state index contributed by atoms with van der Waals surface area (Å²) < 4.78 is 1.05. The van der Waals surface area contributed by atoms with Gasteiger partial charge in [-0.1, -0.05) is 15.9 Å². The first-order valence-corrected chi connectivity index (χ1v) is 5.18. The highest BCUT2D eigenvalue weighted by molar-refractivity contribution is 9.10. The van der Waals surface area contributed by atoms with Crippen molar-refractivity contribution in [1.82, 2.24) is 0 Å². The van der Waals surface area contributed by atoms with Gasteiger partial charge in [0, 0.05) is 9.37 Å². The summed E-state index contributed by atoms with van der Waals surface area (Å²) in [5.74, 6) is 0. The third-order valence-corrected chi connectivity index (χ3v) is 2.81. The Balaban J connectivity index is 2.58. The number of halogens is 1. The standard InChI is InChI=1S/C8H10BrNOS/c9-6-1-3-7(4-2-6)12-8(10)5-11/h1-4,8,11H,5,10H2. The molecular formula is C8H10BrNOS. The Kier molecular flexibility index (Phi) is 4.08. The zero-order chi connectivity index (χ0) is 8.97. The van der Waals surface area contributed by atoms with Gasteiger partial charge in [-0.15, -0.1) is 11.8 Å². The van der Waals surface area contributed by atoms with Crippen molar-refractivity contribution in [1.29, 1.82) is 0 Å². The summed E-state index contributed by atoms with van der Waals surface area (Å²) in [5.41, 5.74) is 5.54. The van der Waals surface area contributed by atoms with E-state index in [4.69, 9.17) is 10.8 Å². The van der Waals surface area contributed by atoms with E-state index in [1.165, 1.54) is 11.8 Å². The fourth-order valence-electron chi connectivity index (χ4n) is 0.725. The van der Waals surface area contributed by atoms with Crippen molar-refractivity contribution < 1.29 is 5.11 Å². The number of aliphatic hydroxyl groups is 1. The third-order valence-electron chi connectivity index (χ3n) is 1.28. The lowest BCUT2D eigenvalue weighted by molar-refractivity contribution is 0.296. The second-order valence-corrected chi connectivity index (χ2v) is 4.52. The van der Waals surface area contributed by atoms with Crippen molar-refractivity contribution in [2.45, 2.75) is 10.3 Å². The molecule has 0 radical (unpaired) electrons. The molecule has 0 aromatic heterocycles. The third kappa shape index (κ3) is 3.15. The van der Waals surface area contributed by atoms with Gasteiger partial charge in [0.15, 0.2) is 0 Å². The number of nitrogens with two attached hydrogens (primary N) is 1. The SMILES string of the molecule is NC(CO)Sc1ccc(Br)cc1. The number of thioether (sulfide) groups is 1. The molecule has 0 spiro atoms. The van der Waals surface area contributed by atoms with Crippen molar-refractivity contribution in [3.8, 4) is 0 Å². The summed E-state index contributed by atoms with van der Waals surface area (Å²) in [4.78, 5) is 1.07. The van der Waals surface area contributed by atoms with Gasteiger partial charge in [-0.3, -0.25) is 0 Å². The zero-order valence-corrected chi connectivity index (χ0v) is 8.81. The van der Waals surface area contributed by atoms with E-state index in [-0.39, 0.29) is 12.0 Å². The van der Waals surface area contributed by atoms with Crippen LogP contribution in [0.3, 0.4) is 0 Å². The molecule has 0 aliphatic rings. The van der Waals surface area contributed by atoms with Crippen molar-refractivity contribution >= 4 is 27.7 Å². The molecule has 0 saturated carbocycles. The average molecular weight is 248 g/mol. The summed E-state index contributed by atoms with van der Waals surface area (Å²) in [6.07, 6.45) is 0. The Morgan fingerprint density at radius 1 is 1.42 bits per heavy atom. The first kappa shape index (κ1) is 10.1. The van der Waals surface area contributed by atoms with E-state index in [2.05, 4.69) is 15.9 Å². The van der Waals surface area contributed by atoms with Crippen LogP contribution in [-0.2, 0) is 0 Å². The molecule has 1 atom stereocenters. The number of aliphatic hydroxyl groups excluding tert-OH is 1. The number of hydrogen-bond acceptors (Lipinski definition) is 3. The topological polar surface area (TPSA) is 46.2 Å². The molecule has 0 heterocycles. The molecule has 0 bridgehead atoms. The Bertz CT molecular complexity index is 239. The van der Waals surface area contributed by atoms with Gasteiger partial charge in [0.05, 0.1) is 12.0 Å². The maximum Gasteiger partial charge on any atom is 0.0789 e. The molecule has 1 aromatic carbocycles. The molecule has 2 nitrogen and oxygen atoms in total. The van der Waals surface area contributed by atoms with E-state index in [1.807, 2.05) is 24.3 Å². The molecule has 0 aliphatic carbocycles. The first-order chi connectivity index (χ1) is 5.72. The second kappa shape index (κ2) is 4.87. The lowest BCUT2D eigenvalue weighted by Gasteiger charge is -2.06. The van der Waals surface area contributed by atoms with Crippen LogP contribution in [-0.4, -0.2) is 17.1 Å². The molecule has 66 valence electrons. The molecule has 3 N–H and O–H groups in total. The number of benzene rings is 1. The molecule has 1 rings (SSSR count). The van der Waals surface area contributed by atoms with Gasteiger partial charge in [-0.25, -0.2) is 0 Å². The first-order valence-electron chi connectivity index (χ1n) is 3.51. The normalized spacial score (nSPS) is 12.9. The molecular weight excluding hydrogens is 238 g/mol. The maximum atomic E-state index is 8.70. The maximum absolute atomic E-state index is 8.70. The Labute approximate surface area is 84.3 Å². The zero-order valence-electron chi connectivity index (χ0n) is 6.40. The fourth-order valence-corrected chi connectivity index (χ4v) is 1.71. The van der Waals surface area contributed by atoms with Crippen LogP contribution < -0.4 is 5.73 Å².